The van der Waals surface area contributed by atoms with Gasteiger partial charge in [-0.15, -0.1) is 6.58 Å². The molecular weight excluding hydrogens is 694 g/mol. The Morgan fingerprint density at radius 1 is 0.979 bits per heavy atom. The maximum atomic E-state index is 13.7. The number of nitrogens with zero attached hydrogens (tertiary/aromatic N) is 9. The Hall–Kier alpha value is -3.06. The number of nitrogen functional groups attached to an aromatic ring is 1. The Bertz CT molecular complexity index is 2130. The van der Waals surface area contributed by atoms with Gasteiger partial charge < -0.3 is 29.2 Å². The molecule has 22 heteroatoms. The van der Waals surface area contributed by atoms with Crippen molar-refractivity contribution in [3.05, 3.63) is 44.0 Å². The number of rotatable bonds is 3. The van der Waals surface area contributed by atoms with E-state index in [-0.39, 0.29) is 49.4 Å². The highest BCUT2D eigenvalue weighted by molar-refractivity contribution is 8.44. The lowest BCUT2D eigenvalue weighted by atomic mass is 9.70. The fraction of sp³-hybridized carbons (Fsp3) is 0.440. The molecule has 2 saturated heterocycles. The van der Waals surface area contributed by atoms with Crippen LogP contribution in [0.3, 0.4) is 0 Å². The van der Waals surface area contributed by atoms with Crippen LogP contribution in [0.4, 0.5) is 5.82 Å². The van der Waals surface area contributed by atoms with Gasteiger partial charge in [0.25, 0.3) is 0 Å². The van der Waals surface area contributed by atoms with Crippen LogP contribution in [0.1, 0.15) is 18.7 Å². The molecule has 0 radical (unpaired) electrons. The summed E-state index contributed by atoms with van der Waals surface area (Å²) in [5.74, 6) is -0.786. The number of anilines is 1. The summed E-state index contributed by atoms with van der Waals surface area (Å²) in [4.78, 5) is 25.7. The van der Waals surface area contributed by atoms with E-state index < -0.39 is 37.9 Å². The van der Waals surface area contributed by atoms with Crippen LogP contribution >= 0.6 is 38.1 Å². The Kier molecular flexibility index (Phi) is 7.66. The van der Waals surface area contributed by atoms with Crippen molar-refractivity contribution in [2.45, 2.75) is 30.9 Å². The first-order valence-corrected chi connectivity index (χ1v) is 19.8. The van der Waals surface area contributed by atoms with Crippen molar-refractivity contribution in [1.29, 1.82) is 0 Å². The van der Waals surface area contributed by atoms with Gasteiger partial charge in [-0.05, 0) is 12.3 Å². The minimum absolute atomic E-state index is 0.0123. The van der Waals surface area contributed by atoms with Gasteiger partial charge in [0.1, 0.15) is 30.3 Å². The number of fused-ring (bicyclic) bond motifs is 5. The fourth-order valence-corrected chi connectivity index (χ4v) is 9.22. The summed E-state index contributed by atoms with van der Waals surface area (Å²) in [5, 5.41) is 10.7. The van der Waals surface area contributed by atoms with Gasteiger partial charge in [0, 0.05) is 24.4 Å². The number of ether oxygens (including phenoxy) is 1. The van der Waals surface area contributed by atoms with Gasteiger partial charge in [-0.3, -0.25) is 18.0 Å². The third kappa shape index (κ3) is 5.35. The molecule has 7 heterocycles. The average Bonchev–Trinajstić information content (AvgIpc) is 3.81. The van der Waals surface area contributed by atoms with E-state index in [1.165, 1.54) is 23.3 Å². The summed E-state index contributed by atoms with van der Waals surface area (Å²) in [6, 6.07) is -0.256. The standard InChI is InChI=1S/C25H28N10O8P2S2/c1-2-13-19-16(42-24(13)35-11-30-17-20(26)28-9-29-21(17)35)8-41-44(37,46)40-7-14-12(6-39-45(38,47)43-19)5-15(14)34-10-31-18-22(34)32-25-27-3-4-33(25)23(18)36/h2-4,9-16,19,24,36H,1,5-8H2,(H,37,46)(H,38,47)(H2,26,28,29)/t12-,13-,14-,15-,16-,19+,24-,44-,45-/m1/s1. The predicted octanol–water partition coefficient (Wildman–Crippen LogP) is 3.61. The molecule has 0 bridgehead atoms. The molecular formula is C25H28N10O8P2S2. The molecule has 5 aromatic heterocycles. The lowest BCUT2D eigenvalue weighted by molar-refractivity contribution is -0.0381. The summed E-state index contributed by atoms with van der Waals surface area (Å²) in [5.41, 5.74) is 7.44. The van der Waals surface area contributed by atoms with Crippen LogP contribution in [-0.4, -0.2) is 80.6 Å². The van der Waals surface area contributed by atoms with Crippen molar-refractivity contribution in [1.82, 2.24) is 43.4 Å². The number of aromatic nitrogens is 9. The molecule has 9 atom stereocenters. The maximum Gasteiger partial charge on any atom is 0.386 e. The molecule has 3 aliphatic rings. The third-order valence-electron chi connectivity index (χ3n) is 8.90. The topological polar surface area (TPSA) is 218 Å². The lowest BCUT2D eigenvalue weighted by Crippen LogP contribution is -2.43. The molecule has 1 aliphatic carbocycles. The van der Waals surface area contributed by atoms with Crippen molar-refractivity contribution in [2.75, 3.05) is 25.6 Å². The first kappa shape index (κ1) is 31.2. The van der Waals surface area contributed by atoms with Crippen LogP contribution in [0, 0.1) is 17.8 Å². The van der Waals surface area contributed by atoms with Crippen molar-refractivity contribution in [3.63, 3.8) is 0 Å². The van der Waals surface area contributed by atoms with E-state index in [2.05, 4.69) is 61.0 Å². The quantitative estimate of drug-likeness (QED) is 0.119. The molecule has 5 aromatic rings. The molecule has 0 spiro atoms. The van der Waals surface area contributed by atoms with Gasteiger partial charge in [-0.2, -0.15) is 4.98 Å². The van der Waals surface area contributed by atoms with Gasteiger partial charge in [-0.25, -0.2) is 34.0 Å². The highest BCUT2D eigenvalue weighted by atomic mass is 32.7. The van der Waals surface area contributed by atoms with Gasteiger partial charge in [0.2, 0.25) is 11.7 Å². The van der Waals surface area contributed by atoms with Crippen LogP contribution in [0.15, 0.2) is 44.0 Å². The molecule has 47 heavy (non-hydrogen) atoms. The number of hydrogen-bond acceptors (Lipinski definition) is 15. The van der Waals surface area contributed by atoms with Crippen molar-refractivity contribution in [2.24, 2.45) is 17.8 Å². The molecule has 3 N–H and O–H groups in total. The first-order valence-electron chi connectivity index (χ1n) is 14.4. The minimum Gasteiger partial charge on any atom is -0.493 e. The molecule has 3 fully saturated rings. The number of hydrogen-bond donors (Lipinski definition) is 4. The maximum absolute atomic E-state index is 13.7. The second-order valence-corrected chi connectivity index (χ2v) is 17.2. The van der Waals surface area contributed by atoms with E-state index in [0.29, 0.717) is 34.5 Å². The molecule has 2 aliphatic heterocycles. The van der Waals surface area contributed by atoms with E-state index in [1.54, 1.807) is 27.7 Å². The first-order chi connectivity index (χ1) is 22.5. The zero-order valence-corrected chi connectivity index (χ0v) is 27.8. The average molecular weight is 723 g/mol. The number of thiol groups is 2. The summed E-state index contributed by atoms with van der Waals surface area (Å²) >= 11 is 8.54. The van der Waals surface area contributed by atoms with Crippen LogP contribution in [0.2, 0.25) is 0 Å². The zero-order valence-electron chi connectivity index (χ0n) is 24.2. The minimum atomic E-state index is -4.00. The summed E-state index contributed by atoms with van der Waals surface area (Å²) in [6.07, 6.45) is 6.87. The van der Waals surface area contributed by atoms with Gasteiger partial charge in [-0.1, -0.05) is 30.6 Å². The highest BCUT2D eigenvalue weighted by Gasteiger charge is 2.51. The van der Waals surface area contributed by atoms with E-state index in [9.17, 15) is 14.2 Å². The predicted molar refractivity (Wildman–Crippen MR) is 172 cm³/mol. The van der Waals surface area contributed by atoms with E-state index in [0.717, 1.165) is 0 Å². The largest absolute Gasteiger partial charge is 0.493 e. The van der Waals surface area contributed by atoms with Crippen LogP contribution < -0.4 is 5.73 Å². The monoisotopic (exact) mass is 722 g/mol. The van der Waals surface area contributed by atoms with Crippen molar-refractivity contribution >= 4 is 72.0 Å². The molecule has 0 amide bonds. The molecule has 248 valence electrons. The van der Waals surface area contributed by atoms with Crippen molar-refractivity contribution in [3.8, 4) is 5.88 Å². The second-order valence-electron chi connectivity index (χ2n) is 11.4. The summed E-state index contributed by atoms with van der Waals surface area (Å²) < 4.78 is 61.7. The van der Waals surface area contributed by atoms with E-state index >= 15 is 0 Å². The van der Waals surface area contributed by atoms with Crippen LogP contribution in [0.5, 0.6) is 5.88 Å². The van der Waals surface area contributed by atoms with Gasteiger partial charge in [0.15, 0.2) is 22.6 Å². The van der Waals surface area contributed by atoms with Crippen LogP contribution in [-0.2, 0) is 32.0 Å². The number of imidazole rings is 3. The molecule has 18 nitrogen and oxygen atoms in total. The fourth-order valence-electron chi connectivity index (χ4n) is 6.50. The van der Waals surface area contributed by atoms with Crippen LogP contribution in [0.25, 0.3) is 28.1 Å². The molecule has 8 rings (SSSR count). The zero-order chi connectivity index (χ0) is 32.7. The molecule has 1 saturated carbocycles. The second kappa shape index (κ2) is 11.5. The lowest BCUT2D eigenvalue weighted by Gasteiger charge is -2.45. The third-order valence-corrected chi connectivity index (χ3v) is 12.2. The Labute approximate surface area is 276 Å². The SMILES string of the molecule is C=C[C@@H]1[C@@H]2O[P@](=O)(S)OC[C@H]3C[C@@H](n4cnc5c(O)n6ccnc6nc54)[C@@H]3CO[P@@](=O)(S)OC[C@H]2O[C@H]1n1cnc2c(N)ncnc21. The molecule has 0 aromatic carbocycles. The number of aromatic hydroxyl groups is 1. The smallest absolute Gasteiger partial charge is 0.386 e. The number of nitrogens with two attached hydrogens (primary N) is 1. The Morgan fingerprint density at radius 2 is 1.74 bits per heavy atom. The molecule has 0 unspecified atom stereocenters. The Morgan fingerprint density at radius 3 is 2.57 bits per heavy atom. The highest BCUT2D eigenvalue weighted by Crippen LogP contribution is 2.61. The Balaban J connectivity index is 1.07. The van der Waals surface area contributed by atoms with Crippen molar-refractivity contribution < 1.29 is 37.1 Å². The van der Waals surface area contributed by atoms with E-state index in [1.807, 2.05) is 0 Å². The normalized spacial score (nSPS) is 35.1. The van der Waals surface area contributed by atoms with E-state index in [4.69, 9.17) is 28.6 Å². The van der Waals surface area contributed by atoms with Gasteiger partial charge >= 0.3 is 13.6 Å². The summed E-state index contributed by atoms with van der Waals surface area (Å²) in [6.45, 7) is -4.38. The summed E-state index contributed by atoms with van der Waals surface area (Å²) in [7, 11) is 0. The van der Waals surface area contributed by atoms with Gasteiger partial charge in [0.05, 0.1) is 38.4 Å².